The number of rotatable bonds is 7. The van der Waals surface area contributed by atoms with Crippen molar-refractivity contribution < 1.29 is 50.0 Å². The second-order valence-corrected chi connectivity index (χ2v) is 10.6. The minimum Gasteiger partial charge on any atom is -0.495 e. The summed E-state index contributed by atoms with van der Waals surface area (Å²) >= 11 is 0. The molecule has 0 fully saturated rings. The fourth-order valence-corrected chi connectivity index (χ4v) is 6.11. The van der Waals surface area contributed by atoms with E-state index < -0.39 is 7.14 Å². The van der Waals surface area contributed by atoms with E-state index in [9.17, 15) is 14.2 Å². The van der Waals surface area contributed by atoms with Crippen molar-refractivity contribution in [3.63, 3.8) is 0 Å². The van der Waals surface area contributed by atoms with Crippen molar-refractivity contribution in [2.45, 2.75) is 27.7 Å². The van der Waals surface area contributed by atoms with Crippen LogP contribution in [0.1, 0.15) is 40.9 Å². The topological polar surface area (TPSA) is 60.4 Å². The number of hydrogen-bond acceptors (Lipinski definition) is 4. The molecule has 0 saturated heterocycles. The third-order valence-corrected chi connectivity index (χ3v) is 7.91. The van der Waals surface area contributed by atoms with Crippen LogP contribution < -0.4 is 10.6 Å². The summed E-state index contributed by atoms with van der Waals surface area (Å²) in [6.45, 7) is 14.9. The van der Waals surface area contributed by atoms with E-state index in [2.05, 4.69) is 18.2 Å². The van der Waals surface area contributed by atoms with Gasteiger partial charge in [0.1, 0.15) is 0 Å². The van der Waals surface area contributed by atoms with E-state index in [0.29, 0.717) is 28.4 Å². The van der Waals surface area contributed by atoms with E-state index in [-0.39, 0.29) is 42.6 Å². The molecule has 0 saturated carbocycles. The fourth-order valence-electron chi connectivity index (χ4n) is 3.49. The van der Waals surface area contributed by atoms with Gasteiger partial charge in [0.2, 0.25) is 12.7 Å². The average Bonchev–Trinajstić information content (AvgIpc) is 2.82. The zero-order valence-electron chi connectivity index (χ0n) is 20.7. The predicted molar refractivity (Wildman–Crippen MR) is 140 cm³/mol. The molecule has 0 aliphatic carbocycles. The minimum absolute atomic E-state index is 0. The van der Waals surface area contributed by atoms with Crippen LogP contribution in [-0.4, -0.2) is 18.1 Å². The molecule has 0 amide bonds. The Bertz CT molecular complexity index is 1140. The van der Waals surface area contributed by atoms with Crippen molar-refractivity contribution in [3.8, 4) is 0 Å². The molecule has 0 unspecified atom stereocenters. The summed E-state index contributed by atoms with van der Waals surface area (Å²) in [5.41, 5.74) is 3.12. The fraction of sp³-hybridized carbons (Fsp3) is 0.172. The Kier molecular flexibility index (Phi) is 12.6. The van der Waals surface area contributed by atoms with Gasteiger partial charge in [-0.1, -0.05) is 92.2 Å². The second-order valence-electron chi connectivity index (χ2n) is 7.98. The van der Waals surface area contributed by atoms with Crippen molar-refractivity contribution in [1.29, 1.82) is 0 Å². The number of esters is 1. The maximum Gasteiger partial charge on any atom is 2.00 e. The molecule has 3 aromatic carbocycles. The summed E-state index contributed by atoms with van der Waals surface area (Å²) in [5, 5.41) is 1.12. The summed E-state index contributed by atoms with van der Waals surface area (Å²) in [7, 11) is -3.47. The van der Waals surface area contributed by atoms with Gasteiger partial charge in [-0.05, 0) is 13.5 Å². The van der Waals surface area contributed by atoms with Crippen molar-refractivity contribution in [2.75, 3.05) is 6.61 Å². The molecule has 35 heavy (non-hydrogen) atoms. The normalized spacial score (nSPS) is 10.3. The van der Waals surface area contributed by atoms with Crippen LogP contribution in [0.5, 0.6) is 0 Å². The van der Waals surface area contributed by atoms with Crippen molar-refractivity contribution in [3.05, 3.63) is 121 Å². The van der Waals surface area contributed by atoms with Crippen LogP contribution in [-0.2, 0) is 14.1 Å². The third-order valence-electron chi connectivity index (χ3n) is 5.06. The largest absolute Gasteiger partial charge is 2.00 e. The molecule has 0 radical (unpaired) electrons. The molecule has 4 nitrogen and oxygen atoms in total. The summed E-state index contributed by atoms with van der Waals surface area (Å²) in [4.78, 5) is 24.1. The van der Waals surface area contributed by atoms with Gasteiger partial charge in [0.05, 0.1) is 0 Å². The van der Waals surface area contributed by atoms with Crippen LogP contribution in [0.15, 0.2) is 84.9 Å². The third kappa shape index (κ3) is 7.84. The maximum atomic E-state index is 14.1. The zero-order valence-corrected chi connectivity index (χ0v) is 25.8. The number of carbonyl (C=O) groups is 2. The van der Waals surface area contributed by atoms with E-state index >= 15 is 0 Å². The Balaban J connectivity index is 0.000000526. The van der Waals surface area contributed by atoms with Crippen LogP contribution in [0, 0.1) is 58.3 Å². The first kappa shape index (κ1) is 30.7. The SMILES string of the molecule is C=C(C)C(=O)OC[CH-]C.[CH2-]c1cc(C)c(C(=O)P(=O)(c2ccccc2)c2ccccc2)c(C)c1.[U+2]. The van der Waals surface area contributed by atoms with Crippen molar-refractivity contribution >= 4 is 29.2 Å². The number of ether oxygens (including phenoxy) is 1. The smallest absolute Gasteiger partial charge is 0.495 e. The molecule has 3 aromatic rings. The van der Waals surface area contributed by atoms with Gasteiger partial charge >= 0.3 is 37.1 Å². The molecule has 6 heteroatoms. The van der Waals surface area contributed by atoms with E-state index in [4.69, 9.17) is 0 Å². The first-order valence-corrected chi connectivity index (χ1v) is 12.6. The van der Waals surface area contributed by atoms with Gasteiger partial charge in [0.25, 0.3) is 0 Å². The molecule has 0 aromatic heterocycles. The van der Waals surface area contributed by atoms with Crippen LogP contribution in [0.25, 0.3) is 0 Å². The van der Waals surface area contributed by atoms with Gasteiger partial charge < -0.3 is 9.30 Å². The Hall–Kier alpha value is -2.31. The molecule has 0 aliphatic heterocycles. The number of hydrogen-bond donors (Lipinski definition) is 0. The van der Waals surface area contributed by atoms with Gasteiger partial charge in [0, 0.05) is 21.7 Å². The van der Waals surface area contributed by atoms with E-state index in [0.717, 1.165) is 16.7 Å². The Morgan fingerprint density at radius 3 is 1.74 bits per heavy atom. The van der Waals surface area contributed by atoms with Gasteiger partial charge in [-0.15, -0.1) is 0 Å². The monoisotopic (exact) mass is 712 g/mol. The van der Waals surface area contributed by atoms with Crippen molar-refractivity contribution in [1.82, 2.24) is 0 Å². The standard InChI is InChI=1S/C22H20O2P.C7H11O2.U/c1-16-14-17(2)21(18(3)15-16)22(23)25(24,19-10-6-4-7-11-19)20-12-8-5-9-13-20;1-4-5-9-7(8)6(2)3;/h4-15H,1H2,2-3H3;4H,2,5H2,1,3H3;/q2*-1;+2. The summed E-state index contributed by atoms with van der Waals surface area (Å²) in [6, 6.07) is 21.8. The molecule has 3 rings (SSSR count). The Morgan fingerprint density at radius 1 is 0.943 bits per heavy atom. The van der Waals surface area contributed by atoms with Crippen LogP contribution in [0.2, 0.25) is 0 Å². The van der Waals surface area contributed by atoms with Gasteiger partial charge in [-0.25, -0.2) is 4.79 Å². The molecule has 0 N–H and O–H groups in total. The molecule has 180 valence electrons. The molecule has 0 atom stereocenters. The maximum absolute atomic E-state index is 14.1. The Labute approximate surface area is 232 Å². The first-order chi connectivity index (χ1) is 16.1. The quantitative estimate of drug-likeness (QED) is 0.131. The van der Waals surface area contributed by atoms with Gasteiger partial charge in [-0.3, -0.25) is 11.2 Å². The molecular weight excluding hydrogens is 681 g/mol. The van der Waals surface area contributed by atoms with E-state index in [1.807, 2.05) is 69.3 Å². The second kappa shape index (κ2) is 14.3. The van der Waals surface area contributed by atoms with Crippen LogP contribution >= 0.6 is 7.14 Å². The number of carbonyl (C=O) groups excluding carboxylic acids is 2. The van der Waals surface area contributed by atoms with Crippen LogP contribution in [0.3, 0.4) is 0 Å². The number of aryl methyl sites for hydroxylation is 2. The summed E-state index contributed by atoms with van der Waals surface area (Å²) < 4.78 is 18.8. The molecular formula is C29H31O4PU. The summed E-state index contributed by atoms with van der Waals surface area (Å²) in [6.07, 6.45) is 1.76. The minimum atomic E-state index is -3.47. The van der Waals surface area contributed by atoms with E-state index in [1.54, 1.807) is 37.6 Å². The van der Waals surface area contributed by atoms with Gasteiger partial charge in [-0.2, -0.15) is 31.5 Å². The number of benzene rings is 3. The van der Waals surface area contributed by atoms with E-state index in [1.165, 1.54) is 0 Å². The molecule has 0 bridgehead atoms. The summed E-state index contributed by atoms with van der Waals surface area (Å²) in [5.74, 6) is -0.326. The van der Waals surface area contributed by atoms with Crippen LogP contribution in [0.4, 0.5) is 0 Å². The molecule has 0 heterocycles. The zero-order chi connectivity index (χ0) is 25.3. The van der Waals surface area contributed by atoms with Gasteiger partial charge in [0.15, 0.2) is 0 Å². The molecule has 0 spiro atoms. The van der Waals surface area contributed by atoms with Crippen molar-refractivity contribution in [2.24, 2.45) is 0 Å². The predicted octanol–water partition coefficient (Wildman–Crippen LogP) is 5.97. The Morgan fingerprint density at radius 2 is 1.37 bits per heavy atom. The average molecular weight is 713 g/mol. The first-order valence-electron chi connectivity index (χ1n) is 10.9. The molecule has 0 aliphatic rings.